The lowest BCUT2D eigenvalue weighted by Crippen LogP contribution is -2.14. The maximum absolute atomic E-state index is 13.0. The quantitative estimate of drug-likeness (QED) is 0.304. The fourth-order valence-electron chi connectivity index (χ4n) is 3.47. The molecule has 4 aromatic rings. The minimum atomic E-state index is -0.525. The van der Waals surface area contributed by atoms with Crippen LogP contribution in [0.1, 0.15) is 18.1 Å². The number of ether oxygens (including phenoxy) is 1. The summed E-state index contributed by atoms with van der Waals surface area (Å²) in [6.07, 6.45) is 6.77. The summed E-state index contributed by atoms with van der Waals surface area (Å²) in [4.78, 5) is 17.1. The largest absolute Gasteiger partial charge is 0.492 e. The van der Waals surface area contributed by atoms with Crippen molar-refractivity contribution >= 4 is 17.7 Å². The molecular weight excluding hydrogens is 426 g/mol. The first-order chi connectivity index (χ1) is 16.7. The highest BCUT2D eigenvalue weighted by atomic mass is 16.5. The van der Waals surface area contributed by atoms with E-state index in [-0.39, 0.29) is 5.57 Å². The van der Waals surface area contributed by atoms with Crippen molar-refractivity contribution in [3.8, 4) is 23.1 Å². The highest BCUT2D eigenvalue weighted by Crippen LogP contribution is 2.26. The standard InChI is InChI=1S/C27H23N5O2/c1-2-34-25-13-7-6-12-24(25)30-27(33)22(16-28)15-23-19-32(18-20-9-4-3-5-10-20)31-26(23)21-11-8-14-29-17-21/h3-15,17,19H,2,18H2,1H3,(H,30,33)/b22-15-. The maximum atomic E-state index is 13.0. The van der Waals surface area contributed by atoms with Crippen molar-refractivity contribution in [1.29, 1.82) is 5.26 Å². The lowest BCUT2D eigenvalue weighted by Gasteiger charge is -2.10. The summed E-state index contributed by atoms with van der Waals surface area (Å²) in [7, 11) is 0. The molecule has 0 saturated carbocycles. The van der Waals surface area contributed by atoms with Crippen LogP contribution in [0.2, 0.25) is 0 Å². The van der Waals surface area contributed by atoms with Gasteiger partial charge in [-0.3, -0.25) is 14.5 Å². The molecular formula is C27H23N5O2. The molecule has 168 valence electrons. The van der Waals surface area contributed by atoms with Crippen LogP contribution in [0.15, 0.2) is 90.9 Å². The number of nitrogens with zero attached hydrogens (tertiary/aromatic N) is 4. The second kappa shape index (κ2) is 10.7. The number of para-hydroxylation sites is 2. The topological polar surface area (TPSA) is 92.8 Å². The minimum Gasteiger partial charge on any atom is -0.492 e. The van der Waals surface area contributed by atoms with Crippen LogP contribution in [0.4, 0.5) is 5.69 Å². The van der Waals surface area contributed by atoms with Gasteiger partial charge in [0.25, 0.3) is 5.91 Å². The average molecular weight is 450 g/mol. The van der Waals surface area contributed by atoms with Gasteiger partial charge >= 0.3 is 0 Å². The number of carbonyl (C=O) groups is 1. The summed E-state index contributed by atoms with van der Waals surface area (Å²) < 4.78 is 7.36. The molecule has 1 amide bonds. The highest BCUT2D eigenvalue weighted by Gasteiger charge is 2.16. The van der Waals surface area contributed by atoms with Gasteiger partial charge in [-0.2, -0.15) is 10.4 Å². The molecule has 0 bridgehead atoms. The summed E-state index contributed by atoms with van der Waals surface area (Å²) >= 11 is 0. The zero-order valence-corrected chi connectivity index (χ0v) is 18.7. The number of hydrogen-bond acceptors (Lipinski definition) is 5. The summed E-state index contributed by atoms with van der Waals surface area (Å²) in [5, 5.41) is 17.3. The van der Waals surface area contributed by atoms with Gasteiger partial charge in [-0.1, -0.05) is 42.5 Å². The Bertz CT molecular complexity index is 1340. The molecule has 0 unspecified atom stereocenters. The number of nitriles is 1. The van der Waals surface area contributed by atoms with Crippen molar-refractivity contribution in [3.05, 3.63) is 102 Å². The Labute approximate surface area is 198 Å². The predicted molar refractivity (Wildman–Crippen MR) is 131 cm³/mol. The maximum Gasteiger partial charge on any atom is 0.266 e. The molecule has 34 heavy (non-hydrogen) atoms. The molecule has 0 saturated heterocycles. The van der Waals surface area contributed by atoms with Crippen molar-refractivity contribution in [1.82, 2.24) is 14.8 Å². The van der Waals surface area contributed by atoms with Crippen LogP contribution in [0.25, 0.3) is 17.3 Å². The number of carbonyl (C=O) groups excluding carboxylic acids is 1. The average Bonchev–Trinajstić information content (AvgIpc) is 3.27. The number of rotatable bonds is 8. The monoisotopic (exact) mass is 449 g/mol. The fourth-order valence-corrected chi connectivity index (χ4v) is 3.47. The Hall–Kier alpha value is -4.70. The Balaban J connectivity index is 1.68. The molecule has 0 fully saturated rings. The van der Waals surface area contributed by atoms with E-state index in [9.17, 15) is 10.1 Å². The van der Waals surface area contributed by atoms with E-state index in [1.165, 1.54) is 0 Å². The van der Waals surface area contributed by atoms with Gasteiger partial charge in [0.2, 0.25) is 0 Å². The first-order valence-corrected chi connectivity index (χ1v) is 10.8. The second-order valence-corrected chi connectivity index (χ2v) is 7.41. The lowest BCUT2D eigenvalue weighted by molar-refractivity contribution is -0.112. The molecule has 2 aromatic carbocycles. The van der Waals surface area contributed by atoms with Crippen LogP contribution in [0.3, 0.4) is 0 Å². The summed E-state index contributed by atoms with van der Waals surface area (Å²) in [5.74, 6) is 0.0185. The second-order valence-electron chi connectivity index (χ2n) is 7.41. The third-order valence-corrected chi connectivity index (χ3v) is 5.01. The molecule has 7 heteroatoms. The van der Waals surface area contributed by atoms with Gasteiger partial charge in [0, 0.05) is 29.7 Å². The molecule has 4 rings (SSSR count). The number of hydrogen-bond donors (Lipinski definition) is 1. The number of anilines is 1. The van der Waals surface area contributed by atoms with E-state index in [1.54, 1.807) is 41.4 Å². The fraction of sp³-hybridized carbons (Fsp3) is 0.111. The summed E-state index contributed by atoms with van der Waals surface area (Å²) in [5.41, 5.74) is 3.62. The highest BCUT2D eigenvalue weighted by molar-refractivity contribution is 6.10. The van der Waals surface area contributed by atoms with Crippen LogP contribution in [0.5, 0.6) is 5.75 Å². The number of benzene rings is 2. The van der Waals surface area contributed by atoms with Crippen molar-refractivity contribution in [2.75, 3.05) is 11.9 Å². The van der Waals surface area contributed by atoms with Crippen LogP contribution in [-0.4, -0.2) is 27.3 Å². The molecule has 2 aromatic heterocycles. The molecule has 1 N–H and O–H groups in total. The number of aromatic nitrogens is 3. The first-order valence-electron chi connectivity index (χ1n) is 10.8. The molecule has 0 aliphatic carbocycles. The van der Waals surface area contributed by atoms with E-state index in [0.29, 0.717) is 35.8 Å². The van der Waals surface area contributed by atoms with Gasteiger partial charge in [-0.05, 0) is 42.8 Å². The van der Waals surface area contributed by atoms with Gasteiger partial charge in [0.05, 0.1) is 18.8 Å². The molecule has 0 aliphatic heterocycles. The van der Waals surface area contributed by atoms with Crippen molar-refractivity contribution in [3.63, 3.8) is 0 Å². The zero-order chi connectivity index (χ0) is 23.8. The molecule has 2 heterocycles. The van der Waals surface area contributed by atoms with Gasteiger partial charge in [-0.25, -0.2) is 0 Å². The predicted octanol–water partition coefficient (Wildman–Crippen LogP) is 4.94. The van der Waals surface area contributed by atoms with Crippen LogP contribution in [0, 0.1) is 11.3 Å². The van der Waals surface area contributed by atoms with Crippen molar-refractivity contribution in [2.24, 2.45) is 0 Å². The SMILES string of the molecule is CCOc1ccccc1NC(=O)/C(C#N)=C\c1cn(Cc2ccccc2)nc1-c1cccnc1. The molecule has 0 spiro atoms. The Morgan fingerprint density at radius 3 is 2.65 bits per heavy atom. The van der Waals surface area contributed by atoms with E-state index in [0.717, 1.165) is 11.1 Å². The van der Waals surface area contributed by atoms with Crippen LogP contribution in [-0.2, 0) is 11.3 Å². The first kappa shape index (κ1) is 22.5. The third-order valence-electron chi connectivity index (χ3n) is 5.01. The Morgan fingerprint density at radius 1 is 1.12 bits per heavy atom. The van der Waals surface area contributed by atoms with Crippen LogP contribution < -0.4 is 10.1 Å². The van der Waals surface area contributed by atoms with E-state index in [1.807, 2.05) is 67.7 Å². The van der Waals surface area contributed by atoms with Gasteiger partial charge < -0.3 is 10.1 Å². The van der Waals surface area contributed by atoms with E-state index >= 15 is 0 Å². The Morgan fingerprint density at radius 2 is 1.91 bits per heavy atom. The summed E-state index contributed by atoms with van der Waals surface area (Å²) in [6.45, 7) is 2.88. The number of nitrogens with one attached hydrogen (secondary N) is 1. The van der Waals surface area contributed by atoms with Crippen molar-refractivity contribution in [2.45, 2.75) is 13.5 Å². The molecule has 0 radical (unpaired) electrons. The zero-order valence-electron chi connectivity index (χ0n) is 18.7. The van der Waals surface area contributed by atoms with E-state index < -0.39 is 5.91 Å². The molecule has 0 atom stereocenters. The minimum absolute atomic E-state index is 0.0456. The number of amides is 1. The van der Waals surface area contributed by atoms with E-state index in [2.05, 4.69) is 10.3 Å². The Kier molecular flexibility index (Phi) is 7.11. The summed E-state index contributed by atoms with van der Waals surface area (Å²) in [6, 6.07) is 22.8. The molecule has 0 aliphatic rings. The number of pyridine rings is 1. The van der Waals surface area contributed by atoms with Gasteiger partial charge in [-0.15, -0.1) is 0 Å². The lowest BCUT2D eigenvalue weighted by atomic mass is 10.1. The van der Waals surface area contributed by atoms with E-state index in [4.69, 9.17) is 9.84 Å². The van der Waals surface area contributed by atoms with Crippen molar-refractivity contribution < 1.29 is 9.53 Å². The van der Waals surface area contributed by atoms with Crippen LogP contribution >= 0.6 is 0 Å². The van der Waals surface area contributed by atoms with Gasteiger partial charge in [0.1, 0.15) is 23.1 Å². The van der Waals surface area contributed by atoms with Gasteiger partial charge in [0.15, 0.2) is 0 Å². The molecule has 7 nitrogen and oxygen atoms in total. The normalized spacial score (nSPS) is 11.0. The smallest absolute Gasteiger partial charge is 0.266 e. The third kappa shape index (κ3) is 5.37.